The van der Waals surface area contributed by atoms with Crippen molar-refractivity contribution < 1.29 is 17.9 Å². The van der Waals surface area contributed by atoms with E-state index >= 15 is 0 Å². The number of hydrogen-bond acceptors (Lipinski definition) is 5. The van der Waals surface area contributed by atoms with E-state index in [0.29, 0.717) is 22.9 Å². The van der Waals surface area contributed by atoms with Crippen molar-refractivity contribution in [1.29, 1.82) is 0 Å². The summed E-state index contributed by atoms with van der Waals surface area (Å²) in [5.41, 5.74) is 0.800. The Hall–Kier alpha value is -2.22. The Labute approximate surface area is 169 Å². The molecule has 1 fully saturated rings. The van der Waals surface area contributed by atoms with Crippen LogP contribution in [0.25, 0.3) is 10.8 Å². The van der Waals surface area contributed by atoms with Crippen LogP contribution < -0.4 is 9.47 Å². The van der Waals surface area contributed by atoms with Gasteiger partial charge < -0.3 is 9.47 Å². The van der Waals surface area contributed by atoms with Gasteiger partial charge in [0.2, 0.25) is 10.0 Å². The maximum absolute atomic E-state index is 13.5. The number of nitrogens with zero attached hydrogens (tertiary/aromatic N) is 1. The summed E-state index contributed by atoms with van der Waals surface area (Å²) in [6, 6.07) is 18.6. The molecule has 0 bridgehead atoms. The van der Waals surface area contributed by atoms with Gasteiger partial charge in [-0.2, -0.15) is 4.31 Å². The van der Waals surface area contributed by atoms with Crippen LogP contribution in [0.15, 0.2) is 65.6 Å². The Morgan fingerprint density at radius 2 is 1.75 bits per heavy atom. The average molecular weight is 416 g/mol. The Morgan fingerprint density at radius 1 is 0.964 bits per heavy atom. The summed E-state index contributed by atoms with van der Waals surface area (Å²) in [5.74, 6) is 1.89. The molecule has 0 aliphatic carbocycles. The largest absolute Gasteiger partial charge is 0.493 e. The van der Waals surface area contributed by atoms with E-state index in [4.69, 9.17) is 9.47 Å². The van der Waals surface area contributed by atoms with E-state index in [0.717, 1.165) is 22.1 Å². The summed E-state index contributed by atoms with van der Waals surface area (Å²) in [6.45, 7) is 0.449. The molecule has 1 aliphatic heterocycles. The van der Waals surface area contributed by atoms with Gasteiger partial charge in [0.25, 0.3) is 0 Å². The molecule has 0 aromatic heterocycles. The van der Waals surface area contributed by atoms with Crippen LogP contribution in [0.1, 0.15) is 10.9 Å². The van der Waals surface area contributed by atoms with Crippen LogP contribution in [-0.2, 0) is 10.0 Å². The highest BCUT2D eigenvalue weighted by atomic mass is 32.2. The molecule has 3 aromatic rings. The summed E-state index contributed by atoms with van der Waals surface area (Å²) in [5, 5.41) is 1.57. The van der Waals surface area contributed by atoms with Crippen LogP contribution in [-0.4, -0.2) is 39.2 Å². The van der Waals surface area contributed by atoms with Gasteiger partial charge in [-0.25, -0.2) is 8.42 Å². The van der Waals surface area contributed by atoms with Gasteiger partial charge in [-0.05, 0) is 29.0 Å². The summed E-state index contributed by atoms with van der Waals surface area (Å²) >= 11 is 1.59. The van der Waals surface area contributed by atoms with Crippen LogP contribution in [0, 0.1) is 0 Å². The van der Waals surface area contributed by atoms with Crippen molar-refractivity contribution in [3.8, 4) is 11.5 Å². The molecule has 0 N–H and O–H groups in total. The highest BCUT2D eigenvalue weighted by Crippen LogP contribution is 2.47. The number of fused-ring (bicyclic) bond motifs is 1. The van der Waals surface area contributed by atoms with Gasteiger partial charge in [-0.1, -0.05) is 42.5 Å². The fraction of sp³-hybridized carbons (Fsp3) is 0.238. The summed E-state index contributed by atoms with van der Waals surface area (Å²) in [4.78, 5) is 0.306. The number of para-hydroxylation sites is 1. The van der Waals surface area contributed by atoms with Gasteiger partial charge in [0.1, 0.15) is 0 Å². The van der Waals surface area contributed by atoms with Gasteiger partial charge in [-0.3, -0.25) is 0 Å². The highest BCUT2D eigenvalue weighted by molar-refractivity contribution is 8.01. The molecule has 1 saturated heterocycles. The van der Waals surface area contributed by atoms with Gasteiger partial charge in [-0.15, -0.1) is 11.8 Å². The zero-order valence-electron chi connectivity index (χ0n) is 15.7. The molecule has 1 heterocycles. The minimum absolute atomic E-state index is 0.306. The van der Waals surface area contributed by atoms with Crippen molar-refractivity contribution in [3.63, 3.8) is 0 Å². The van der Waals surface area contributed by atoms with E-state index in [1.807, 2.05) is 48.5 Å². The molecular formula is C21H21NO4S2. The first-order valence-electron chi connectivity index (χ1n) is 8.89. The maximum atomic E-state index is 13.5. The molecule has 0 spiro atoms. The monoisotopic (exact) mass is 415 g/mol. The number of rotatable bonds is 5. The number of thioether (sulfide) groups is 1. The van der Waals surface area contributed by atoms with E-state index < -0.39 is 10.0 Å². The van der Waals surface area contributed by atoms with E-state index in [2.05, 4.69) is 0 Å². The Morgan fingerprint density at radius 3 is 2.50 bits per heavy atom. The van der Waals surface area contributed by atoms with Crippen LogP contribution in [0.3, 0.4) is 0 Å². The lowest BCUT2D eigenvalue weighted by Gasteiger charge is -2.25. The Balaban J connectivity index is 1.77. The third-order valence-electron chi connectivity index (χ3n) is 4.88. The van der Waals surface area contributed by atoms with Crippen molar-refractivity contribution in [1.82, 2.24) is 4.31 Å². The highest BCUT2D eigenvalue weighted by Gasteiger charge is 2.38. The summed E-state index contributed by atoms with van der Waals surface area (Å²) in [7, 11) is -0.507. The normalized spacial score (nSPS) is 17.7. The first-order chi connectivity index (χ1) is 13.6. The van der Waals surface area contributed by atoms with Crippen LogP contribution in [0.5, 0.6) is 11.5 Å². The molecular weight excluding hydrogens is 394 g/mol. The van der Waals surface area contributed by atoms with Gasteiger partial charge in [0, 0.05) is 17.9 Å². The van der Waals surface area contributed by atoms with Crippen molar-refractivity contribution in [3.05, 3.63) is 66.2 Å². The second-order valence-electron chi connectivity index (χ2n) is 6.43. The number of hydrogen-bond donors (Lipinski definition) is 0. The lowest BCUT2D eigenvalue weighted by molar-refractivity contribution is 0.345. The fourth-order valence-corrected chi connectivity index (χ4v) is 6.80. The molecule has 4 rings (SSSR count). The molecule has 146 valence electrons. The number of methoxy groups -OCH3 is 2. The number of benzene rings is 3. The summed E-state index contributed by atoms with van der Waals surface area (Å²) < 4.78 is 39.4. The second-order valence-corrected chi connectivity index (χ2v) is 9.51. The quantitative estimate of drug-likeness (QED) is 0.622. The molecule has 5 nitrogen and oxygen atoms in total. The van der Waals surface area contributed by atoms with Crippen molar-refractivity contribution in [2.45, 2.75) is 10.3 Å². The molecule has 7 heteroatoms. The number of sulfonamides is 1. The molecule has 28 heavy (non-hydrogen) atoms. The van der Waals surface area contributed by atoms with Crippen molar-refractivity contribution in [2.24, 2.45) is 0 Å². The third-order valence-corrected chi connectivity index (χ3v) is 8.11. The van der Waals surface area contributed by atoms with Crippen molar-refractivity contribution >= 4 is 32.6 Å². The Kier molecular flexibility index (Phi) is 5.23. The molecule has 1 unspecified atom stereocenters. The zero-order chi connectivity index (χ0) is 19.7. The first-order valence-corrected chi connectivity index (χ1v) is 11.4. The van der Waals surface area contributed by atoms with Crippen LogP contribution in [0.2, 0.25) is 0 Å². The standard InChI is InChI=1S/C21H21NO4S2/c1-25-19-9-5-8-18(20(19)26-2)21-22(12-13-27-21)28(23,24)17-11-10-15-6-3-4-7-16(15)14-17/h3-11,14,21H,12-13H2,1-2H3. The zero-order valence-corrected chi connectivity index (χ0v) is 17.3. The molecule has 0 saturated carbocycles. The van der Waals surface area contributed by atoms with E-state index in [-0.39, 0.29) is 5.37 Å². The Bertz CT molecular complexity index is 1110. The van der Waals surface area contributed by atoms with Crippen LogP contribution in [0.4, 0.5) is 0 Å². The predicted molar refractivity (Wildman–Crippen MR) is 113 cm³/mol. The smallest absolute Gasteiger partial charge is 0.244 e. The van der Waals surface area contributed by atoms with Gasteiger partial charge in [0.15, 0.2) is 11.5 Å². The third kappa shape index (κ3) is 3.23. The minimum Gasteiger partial charge on any atom is -0.493 e. The van der Waals surface area contributed by atoms with E-state index in [9.17, 15) is 8.42 Å². The van der Waals surface area contributed by atoms with Crippen LogP contribution >= 0.6 is 11.8 Å². The molecule has 3 aromatic carbocycles. The maximum Gasteiger partial charge on any atom is 0.244 e. The molecule has 0 radical (unpaired) electrons. The molecule has 1 aliphatic rings. The topological polar surface area (TPSA) is 55.8 Å². The van der Waals surface area contributed by atoms with E-state index in [1.54, 1.807) is 42.4 Å². The fourth-order valence-electron chi connectivity index (χ4n) is 3.52. The summed E-state index contributed by atoms with van der Waals surface area (Å²) in [6.07, 6.45) is 0. The van der Waals surface area contributed by atoms with Gasteiger partial charge >= 0.3 is 0 Å². The molecule has 0 amide bonds. The average Bonchev–Trinajstić information content (AvgIpc) is 3.23. The SMILES string of the molecule is COc1cccc(C2SCCN2S(=O)(=O)c2ccc3ccccc3c2)c1OC. The second kappa shape index (κ2) is 7.66. The lowest BCUT2D eigenvalue weighted by atomic mass is 10.1. The minimum atomic E-state index is -3.66. The molecule has 1 atom stereocenters. The lowest BCUT2D eigenvalue weighted by Crippen LogP contribution is -2.30. The predicted octanol–water partition coefficient (Wildman–Crippen LogP) is 4.29. The van der Waals surface area contributed by atoms with Crippen molar-refractivity contribution in [2.75, 3.05) is 26.5 Å². The van der Waals surface area contributed by atoms with Gasteiger partial charge in [0.05, 0.1) is 24.5 Å². The van der Waals surface area contributed by atoms with E-state index in [1.165, 1.54) is 0 Å². The number of ether oxygens (including phenoxy) is 2. The first kappa shape index (κ1) is 19.1.